The van der Waals surface area contributed by atoms with Crippen molar-refractivity contribution < 1.29 is 4.79 Å². The van der Waals surface area contributed by atoms with Crippen molar-refractivity contribution >= 4 is 17.7 Å². The van der Waals surface area contributed by atoms with Gasteiger partial charge >= 0.3 is 0 Å². The van der Waals surface area contributed by atoms with Gasteiger partial charge in [-0.05, 0) is 36.8 Å². The van der Waals surface area contributed by atoms with Crippen LogP contribution in [0.25, 0.3) is 0 Å². The molecule has 1 N–H and O–H groups in total. The number of hydrogen-bond acceptors (Lipinski definition) is 3. The fourth-order valence-corrected chi connectivity index (χ4v) is 3.57. The standard InChI is InChI=1S/C17H26N2OS/c1-4-21-16-8-6-5-7-15(16)17(20)19(12-13(2)3)14-9-10-18-11-14/h5-8,13-14,18H,4,9-12H2,1-3H3/t14-/m0/s1. The number of carbonyl (C=O) groups is 1. The summed E-state index contributed by atoms with van der Waals surface area (Å²) in [7, 11) is 0. The summed E-state index contributed by atoms with van der Waals surface area (Å²) in [5.41, 5.74) is 0.858. The molecule has 0 aliphatic carbocycles. The fourth-order valence-electron chi connectivity index (χ4n) is 2.78. The highest BCUT2D eigenvalue weighted by Crippen LogP contribution is 2.25. The van der Waals surface area contributed by atoms with Crippen molar-refractivity contribution in [2.45, 2.75) is 38.1 Å². The van der Waals surface area contributed by atoms with E-state index in [1.54, 1.807) is 11.8 Å². The smallest absolute Gasteiger partial charge is 0.255 e. The summed E-state index contributed by atoms with van der Waals surface area (Å²) < 4.78 is 0. The zero-order chi connectivity index (χ0) is 15.2. The lowest BCUT2D eigenvalue weighted by atomic mass is 10.1. The van der Waals surface area contributed by atoms with Crippen LogP contribution in [0, 0.1) is 5.92 Å². The molecule has 0 bridgehead atoms. The van der Waals surface area contributed by atoms with Gasteiger partial charge in [0.05, 0.1) is 5.56 Å². The molecule has 1 aliphatic heterocycles. The highest BCUT2D eigenvalue weighted by atomic mass is 32.2. The predicted molar refractivity (Wildman–Crippen MR) is 90.0 cm³/mol. The molecule has 4 heteroatoms. The first-order chi connectivity index (χ1) is 10.1. The summed E-state index contributed by atoms with van der Waals surface area (Å²) >= 11 is 1.75. The van der Waals surface area contributed by atoms with E-state index in [2.05, 4.69) is 37.1 Å². The van der Waals surface area contributed by atoms with E-state index in [9.17, 15) is 4.79 Å². The van der Waals surface area contributed by atoms with Gasteiger partial charge in [0.25, 0.3) is 5.91 Å². The highest BCUT2D eigenvalue weighted by molar-refractivity contribution is 7.99. The minimum atomic E-state index is 0.189. The monoisotopic (exact) mass is 306 g/mol. The summed E-state index contributed by atoms with van der Waals surface area (Å²) in [5, 5.41) is 3.37. The maximum Gasteiger partial charge on any atom is 0.255 e. The molecule has 3 nitrogen and oxygen atoms in total. The highest BCUT2D eigenvalue weighted by Gasteiger charge is 2.28. The molecule has 116 valence electrons. The number of hydrogen-bond donors (Lipinski definition) is 1. The SMILES string of the molecule is CCSc1ccccc1C(=O)N(CC(C)C)[C@H]1CCNC1. The summed E-state index contributed by atoms with van der Waals surface area (Å²) in [4.78, 5) is 16.2. The van der Waals surface area contributed by atoms with Gasteiger partial charge in [0.2, 0.25) is 0 Å². The molecule has 2 rings (SSSR count). The van der Waals surface area contributed by atoms with Crippen LogP contribution in [0.2, 0.25) is 0 Å². The van der Waals surface area contributed by atoms with Crippen molar-refractivity contribution in [2.75, 3.05) is 25.4 Å². The summed E-state index contributed by atoms with van der Waals surface area (Å²) in [6.45, 7) is 9.24. The van der Waals surface area contributed by atoms with E-state index in [0.29, 0.717) is 12.0 Å². The van der Waals surface area contributed by atoms with E-state index in [4.69, 9.17) is 0 Å². The lowest BCUT2D eigenvalue weighted by Gasteiger charge is -2.31. The third kappa shape index (κ3) is 4.24. The summed E-state index contributed by atoms with van der Waals surface area (Å²) in [6, 6.07) is 8.34. The van der Waals surface area contributed by atoms with E-state index in [1.165, 1.54) is 0 Å². The minimum Gasteiger partial charge on any atom is -0.334 e. The Hall–Kier alpha value is -1.00. The third-order valence-corrected chi connectivity index (χ3v) is 4.67. The second-order valence-corrected chi connectivity index (χ2v) is 7.23. The molecule has 1 amide bonds. The molecule has 0 spiro atoms. The van der Waals surface area contributed by atoms with Crippen LogP contribution in [0.5, 0.6) is 0 Å². The van der Waals surface area contributed by atoms with Crippen molar-refractivity contribution in [1.82, 2.24) is 10.2 Å². The van der Waals surface area contributed by atoms with E-state index in [-0.39, 0.29) is 5.91 Å². The van der Waals surface area contributed by atoms with Crippen molar-refractivity contribution in [2.24, 2.45) is 5.92 Å². The molecule has 0 unspecified atom stereocenters. The molecule has 1 heterocycles. The van der Waals surface area contributed by atoms with Crippen LogP contribution in [0.15, 0.2) is 29.2 Å². The Morgan fingerprint density at radius 2 is 2.19 bits per heavy atom. The first-order valence-corrected chi connectivity index (χ1v) is 8.85. The van der Waals surface area contributed by atoms with Gasteiger partial charge in [-0.25, -0.2) is 0 Å². The van der Waals surface area contributed by atoms with Gasteiger partial charge in [0.15, 0.2) is 0 Å². The molecule has 0 saturated carbocycles. The van der Waals surface area contributed by atoms with Crippen LogP contribution in [-0.4, -0.2) is 42.2 Å². The topological polar surface area (TPSA) is 32.3 Å². The first-order valence-electron chi connectivity index (χ1n) is 7.87. The number of benzene rings is 1. The van der Waals surface area contributed by atoms with Gasteiger partial charge in [0, 0.05) is 24.0 Å². The van der Waals surface area contributed by atoms with Gasteiger partial charge in [-0.2, -0.15) is 0 Å². The van der Waals surface area contributed by atoms with Crippen LogP contribution in [0.1, 0.15) is 37.6 Å². The summed E-state index contributed by atoms with van der Waals surface area (Å²) in [5.74, 6) is 1.66. The van der Waals surface area contributed by atoms with Gasteiger partial charge in [-0.15, -0.1) is 11.8 Å². The molecule has 21 heavy (non-hydrogen) atoms. The Labute approximate surface area is 132 Å². The molecular weight excluding hydrogens is 280 g/mol. The van der Waals surface area contributed by atoms with E-state index < -0.39 is 0 Å². The third-order valence-electron chi connectivity index (χ3n) is 3.72. The zero-order valence-electron chi connectivity index (χ0n) is 13.3. The maximum absolute atomic E-state index is 13.0. The zero-order valence-corrected chi connectivity index (χ0v) is 14.1. The van der Waals surface area contributed by atoms with E-state index in [1.807, 2.05) is 18.2 Å². The van der Waals surface area contributed by atoms with Gasteiger partial charge < -0.3 is 10.2 Å². The fraction of sp³-hybridized carbons (Fsp3) is 0.588. The number of nitrogens with zero attached hydrogens (tertiary/aromatic N) is 1. The van der Waals surface area contributed by atoms with Crippen LogP contribution < -0.4 is 5.32 Å². The van der Waals surface area contributed by atoms with Gasteiger partial charge in [0.1, 0.15) is 0 Å². The largest absolute Gasteiger partial charge is 0.334 e. The van der Waals surface area contributed by atoms with Crippen molar-refractivity contribution in [1.29, 1.82) is 0 Å². The van der Waals surface area contributed by atoms with Crippen molar-refractivity contribution in [3.63, 3.8) is 0 Å². The second kappa shape index (κ2) is 7.85. The number of thioether (sulfide) groups is 1. The quantitative estimate of drug-likeness (QED) is 0.819. The van der Waals surface area contributed by atoms with Crippen molar-refractivity contribution in [3.05, 3.63) is 29.8 Å². The Kier molecular flexibility index (Phi) is 6.12. The normalized spacial score (nSPS) is 18.2. The molecule has 1 aromatic rings. The number of rotatable bonds is 6. The lowest BCUT2D eigenvalue weighted by Crippen LogP contribution is -2.43. The van der Waals surface area contributed by atoms with E-state index >= 15 is 0 Å². The molecule has 0 radical (unpaired) electrons. The molecule has 1 saturated heterocycles. The number of nitrogens with one attached hydrogen (secondary N) is 1. The van der Waals surface area contributed by atoms with E-state index in [0.717, 1.165) is 42.3 Å². The van der Waals surface area contributed by atoms with Crippen LogP contribution in [0.4, 0.5) is 0 Å². The first kappa shape index (κ1) is 16.4. The van der Waals surface area contributed by atoms with Crippen molar-refractivity contribution in [3.8, 4) is 0 Å². The van der Waals surface area contributed by atoms with Crippen LogP contribution >= 0.6 is 11.8 Å². The van der Waals surface area contributed by atoms with Gasteiger partial charge in [-0.1, -0.05) is 32.9 Å². The Balaban J connectivity index is 2.24. The molecular formula is C17H26N2OS. The Bertz CT molecular complexity index is 470. The summed E-state index contributed by atoms with van der Waals surface area (Å²) in [6.07, 6.45) is 1.06. The average molecular weight is 306 g/mol. The average Bonchev–Trinajstić information content (AvgIpc) is 2.99. The number of amides is 1. The van der Waals surface area contributed by atoms with Gasteiger partial charge in [-0.3, -0.25) is 4.79 Å². The maximum atomic E-state index is 13.0. The minimum absolute atomic E-state index is 0.189. The molecule has 1 fully saturated rings. The molecule has 0 aromatic heterocycles. The molecule has 1 aromatic carbocycles. The van der Waals surface area contributed by atoms with Crippen LogP contribution in [0.3, 0.4) is 0 Å². The Morgan fingerprint density at radius 3 is 2.81 bits per heavy atom. The predicted octanol–water partition coefficient (Wildman–Crippen LogP) is 3.26. The van der Waals surface area contributed by atoms with Crippen LogP contribution in [-0.2, 0) is 0 Å². The Morgan fingerprint density at radius 1 is 1.43 bits per heavy atom. The molecule has 1 atom stereocenters. The number of carbonyl (C=O) groups excluding carboxylic acids is 1. The lowest BCUT2D eigenvalue weighted by molar-refractivity contribution is 0.0663. The second-order valence-electron chi connectivity index (χ2n) is 5.93. The molecule has 1 aliphatic rings.